The van der Waals surface area contributed by atoms with E-state index in [1.807, 2.05) is 25.1 Å². The van der Waals surface area contributed by atoms with E-state index in [4.69, 9.17) is 0 Å². The molecule has 0 saturated carbocycles. The number of carbonyl (C=O) groups excluding carboxylic acids is 1. The predicted octanol–water partition coefficient (Wildman–Crippen LogP) is 4.00. The zero-order valence-corrected chi connectivity index (χ0v) is 14.7. The second-order valence-electron chi connectivity index (χ2n) is 6.29. The molecule has 5 nitrogen and oxygen atoms in total. The number of hydrogen-bond acceptors (Lipinski definition) is 3. The molecule has 2 heterocycles. The molecule has 27 heavy (non-hydrogen) atoms. The first-order valence-electron chi connectivity index (χ1n) is 8.53. The van der Waals surface area contributed by atoms with Crippen LogP contribution in [0.4, 0.5) is 4.39 Å². The molecule has 134 valence electrons. The Morgan fingerprint density at radius 2 is 1.96 bits per heavy atom. The molecule has 6 heteroatoms. The molecule has 0 bridgehead atoms. The van der Waals surface area contributed by atoms with Gasteiger partial charge in [-0.05, 0) is 60.0 Å². The van der Waals surface area contributed by atoms with Gasteiger partial charge in [0.15, 0.2) is 0 Å². The molecule has 2 aromatic carbocycles. The van der Waals surface area contributed by atoms with E-state index in [0.29, 0.717) is 6.54 Å². The lowest BCUT2D eigenvalue weighted by Crippen LogP contribution is -2.23. The fourth-order valence-electron chi connectivity index (χ4n) is 3.08. The Morgan fingerprint density at radius 1 is 1.15 bits per heavy atom. The fourth-order valence-corrected chi connectivity index (χ4v) is 3.08. The maximum Gasteiger partial charge on any atom is 0.271 e. The molecule has 0 unspecified atom stereocenters. The number of aryl methyl sites for hydroxylation is 1. The molecular formula is C21H17FN4O. The largest absolute Gasteiger partial charge is 0.354 e. The summed E-state index contributed by atoms with van der Waals surface area (Å²) in [6.45, 7) is 2.42. The SMILES string of the molecule is Cc1c(-c2ccc(F)cc2)[nH]c2ccc(CNC(=O)c3cnccn3)cc12. The summed E-state index contributed by atoms with van der Waals surface area (Å²) in [6.07, 6.45) is 4.45. The van der Waals surface area contributed by atoms with Crippen molar-refractivity contribution in [2.45, 2.75) is 13.5 Å². The molecule has 0 saturated heterocycles. The standard InChI is InChI=1S/C21H17FN4O/c1-13-17-10-14(11-25-21(27)19-12-23-8-9-24-19)2-7-18(17)26-20(13)15-3-5-16(22)6-4-15/h2-10,12,26H,11H2,1H3,(H,25,27). The number of hydrogen-bond donors (Lipinski definition) is 2. The minimum absolute atomic E-state index is 0.256. The van der Waals surface area contributed by atoms with Gasteiger partial charge in [-0.15, -0.1) is 0 Å². The third-order valence-corrected chi connectivity index (χ3v) is 4.50. The van der Waals surface area contributed by atoms with Crippen molar-refractivity contribution in [3.8, 4) is 11.3 Å². The van der Waals surface area contributed by atoms with Crippen LogP contribution in [-0.2, 0) is 6.54 Å². The van der Waals surface area contributed by atoms with Gasteiger partial charge in [0.2, 0.25) is 0 Å². The summed E-state index contributed by atoms with van der Waals surface area (Å²) in [6, 6.07) is 12.4. The molecule has 4 rings (SSSR count). The average molecular weight is 360 g/mol. The topological polar surface area (TPSA) is 70.7 Å². The van der Waals surface area contributed by atoms with Gasteiger partial charge in [0.1, 0.15) is 11.5 Å². The fraction of sp³-hybridized carbons (Fsp3) is 0.0952. The molecule has 0 aliphatic carbocycles. The van der Waals surface area contributed by atoms with Crippen molar-refractivity contribution in [3.05, 3.63) is 83.7 Å². The number of benzene rings is 2. The number of aromatic nitrogens is 3. The summed E-state index contributed by atoms with van der Waals surface area (Å²) in [7, 11) is 0. The normalized spacial score (nSPS) is 10.9. The second-order valence-corrected chi connectivity index (χ2v) is 6.29. The highest BCUT2D eigenvalue weighted by atomic mass is 19.1. The number of nitrogens with one attached hydrogen (secondary N) is 2. The first-order valence-corrected chi connectivity index (χ1v) is 8.53. The van der Waals surface area contributed by atoms with Crippen LogP contribution in [0.2, 0.25) is 0 Å². The van der Waals surface area contributed by atoms with E-state index in [0.717, 1.165) is 33.3 Å². The third-order valence-electron chi connectivity index (χ3n) is 4.50. The number of carbonyl (C=O) groups is 1. The van der Waals surface area contributed by atoms with Crippen molar-refractivity contribution in [2.24, 2.45) is 0 Å². The second kappa shape index (κ2) is 6.99. The summed E-state index contributed by atoms with van der Waals surface area (Å²) >= 11 is 0. The molecule has 0 aliphatic heterocycles. The van der Waals surface area contributed by atoms with Gasteiger partial charge in [0.25, 0.3) is 5.91 Å². The van der Waals surface area contributed by atoms with Crippen LogP contribution in [0.3, 0.4) is 0 Å². The summed E-state index contributed by atoms with van der Waals surface area (Å²) < 4.78 is 13.2. The third kappa shape index (κ3) is 3.42. The molecule has 2 aromatic heterocycles. The van der Waals surface area contributed by atoms with E-state index in [2.05, 4.69) is 20.3 Å². The summed E-state index contributed by atoms with van der Waals surface area (Å²) in [4.78, 5) is 23.4. The Balaban J connectivity index is 1.58. The van der Waals surface area contributed by atoms with Crippen molar-refractivity contribution in [3.63, 3.8) is 0 Å². The van der Waals surface area contributed by atoms with Crippen LogP contribution in [-0.4, -0.2) is 20.9 Å². The van der Waals surface area contributed by atoms with Crippen LogP contribution >= 0.6 is 0 Å². The minimum Gasteiger partial charge on any atom is -0.354 e. The van der Waals surface area contributed by atoms with Crippen molar-refractivity contribution >= 4 is 16.8 Å². The van der Waals surface area contributed by atoms with Gasteiger partial charge < -0.3 is 10.3 Å². The van der Waals surface area contributed by atoms with Gasteiger partial charge in [0.05, 0.1) is 6.20 Å². The van der Waals surface area contributed by atoms with Crippen LogP contribution in [0.25, 0.3) is 22.2 Å². The van der Waals surface area contributed by atoms with Crippen molar-refractivity contribution in [2.75, 3.05) is 0 Å². The minimum atomic E-state index is -0.263. The average Bonchev–Trinajstić information content (AvgIpc) is 3.03. The summed E-state index contributed by atoms with van der Waals surface area (Å²) in [5.74, 6) is -0.519. The van der Waals surface area contributed by atoms with Crippen LogP contribution < -0.4 is 5.32 Å². The van der Waals surface area contributed by atoms with Gasteiger partial charge in [-0.1, -0.05) is 6.07 Å². The van der Waals surface area contributed by atoms with E-state index in [-0.39, 0.29) is 17.4 Å². The molecule has 0 aliphatic rings. The number of rotatable bonds is 4. The van der Waals surface area contributed by atoms with Gasteiger partial charge in [0, 0.05) is 35.5 Å². The Labute approximate surface area is 155 Å². The van der Waals surface area contributed by atoms with Crippen LogP contribution in [0.5, 0.6) is 0 Å². The van der Waals surface area contributed by atoms with Gasteiger partial charge in [-0.2, -0.15) is 0 Å². The zero-order valence-electron chi connectivity index (χ0n) is 14.7. The highest BCUT2D eigenvalue weighted by Crippen LogP contribution is 2.30. The lowest BCUT2D eigenvalue weighted by atomic mass is 10.0. The maximum absolute atomic E-state index is 13.2. The number of fused-ring (bicyclic) bond motifs is 1. The van der Waals surface area contributed by atoms with Crippen molar-refractivity contribution < 1.29 is 9.18 Å². The van der Waals surface area contributed by atoms with E-state index in [9.17, 15) is 9.18 Å². The lowest BCUT2D eigenvalue weighted by molar-refractivity contribution is 0.0945. The Morgan fingerprint density at radius 3 is 2.70 bits per heavy atom. The van der Waals surface area contributed by atoms with Crippen molar-refractivity contribution in [1.29, 1.82) is 0 Å². The van der Waals surface area contributed by atoms with E-state index in [1.54, 1.807) is 12.1 Å². The van der Waals surface area contributed by atoms with E-state index in [1.165, 1.54) is 30.7 Å². The zero-order chi connectivity index (χ0) is 18.8. The number of nitrogens with zero attached hydrogens (tertiary/aromatic N) is 2. The first kappa shape index (κ1) is 16.9. The highest BCUT2D eigenvalue weighted by Gasteiger charge is 2.11. The number of H-pyrrole nitrogens is 1. The number of aromatic amines is 1. The molecular weight excluding hydrogens is 343 g/mol. The summed E-state index contributed by atoms with van der Waals surface area (Å²) in [5, 5.41) is 3.92. The Hall–Kier alpha value is -3.54. The van der Waals surface area contributed by atoms with Gasteiger partial charge in [-0.3, -0.25) is 9.78 Å². The van der Waals surface area contributed by atoms with Crippen LogP contribution in [0.15, 0.2) is 61.1 Å². The maximum atomic E-state index is 13.2. The molecule has 0 spiro atoms. The molecule has 4 aromatic rings. The lowest BCUT2D eigenvalue weighted by Gasteiger charge is -2.05. The smallest absolute Gasteiger partial charge is 0.271 e. The molecule has 0 fully saturated rings. The van der Waals surface area contributed by atoms with E-state index < -0.39 is 0 Å². The molecule has 1 amide bonds. The summed E-state index contributed by atoms with van der Waals surface area (Å²) in [5.41, 5.74) is 5.24. The molecule has 2 N–H and O–H groups in total. The molecule has 0 radical (unpaired) electrons. The van der Waals surface area contributed by atoms with Gasteiger partial charge >= 0.3 is 0 Å². The predicted molar refractivity (Wildman–Crippen MR) is 102 cm³/mol. The van der Waals surface area contributed by atoms with E-state index >= 15 is 0 Å². The first-order chi connectivity index (χ1) is 13.1. The molecule has 0 atom stereocenters. The number of amides is 1. The number of halogens is 1. The highest BCUT2D eigenvalue weighted by molar-refractivity contribution is 5.92. The Bertz CT molecular complexity index is 1100. The van der Waals surface area contributed by atoms with Crippen molar-refractivity contribution in [1.82, 2.24) is 20.3 Å². The van der Waals surface area contributed by atoms with Gasteiger partial charge in [-0.25, -0.2) is 9.37 Å². The quantitative estimate of drug-likeness (QED) is 0.578. The van der Waals surface area contributed by atoms with Crippen LogP contribution in [0.1, 0.15) is 21.6 Å². The Kier molecular flexibility index (Phi) is 4.38. The van der Waals surface area contributed by atoms with Crippen LogP contribution in [0, 0.1) is 12.7 Å². The monoisotopic (exact) mass is 360 g/mol.